The minimum atomic E-state index is -0.136. The molecule has 5 nitrogen and oxygen atoms in total. The van der Waals surface area contributed by atoms with Crippen molar-refractivity contribution in [3.63, 3.8) is 0 Å². The molecule has 0 unspecified atom stereocenters. The highest BCUT2D eigenvalue weighted by Gasteiger charge is 2.22. The lowest BCUT2D eigenvalue weighted by Crippen LogP contribution is -2.42. The van der Waals surface area contributed by atoms with Crippen LogP contribution in [-0.2, 0) is 11.2 Å². The summed E-state index contributed by atoms with van der Waals surface area (Å²) in [5, 5.41) is 4.06. The largest absolute Gasteiger partial charge is 0.356 e. The van der Waals surface area contributed by atoms with Crippen molar-refractivity contribution < 1.29 is 4.79 Å². The van der Waals surface area contributed by atoms with Crippen LogP contribution in [0.3, 0.4) is 0 Å². The molecule has 34 heavy (non-hydrogen) atoms. The number of fused-ring (bicyclic) bond motifs is 1. The Morgan fingerprint density at radius 3 is 2.53 bits per heavy atom. The van der Waals surface area contributed by atoms with Gasteiger partial charge in [0.15, 0.2) is 0 Å². The maximum atomic E-state index is 12.5. The van der Waals surface area contributed by atoms with Crippen molar-refractivity contribution in [3.8, 4) is 0 Å². The fourth-order valence-corrected chi connectivity index (χ4v) is 4.67. The lowest BCUT2D eigenvalue weighted by atomic mass is 10.0. The highest BCUT2D eigenvalue weighted by atomic mass is 16.1. The predicted octanol–water partition coefficient (Wildman–Crippen LogP) is 5.68. The molecule has 1 aliphatic heterocycles. The van der Waals surface area contributed by atoms with Crippen LogP contribution in [0.25, 0.3) is 17.0 Å². The number of nitrogens with one attached hydrogen (secondary N) is 1. The lowest BCUT2D eigenvalue weighted by molar-refractivity contribution is -0.111. The van der Waals surface area contributed by atoms with Crippen molar-refractivity contribution in [2.45, 2.75) is 45.6 Å². The topological polar surface area (TPSA) is 48.5 Å². The average Bonchev–Trinajstić information content (AvgIpc) is 2.84. The number of rotatable bonds is 7. The van der Waals surface area contributed by atoms with Gasteiger partial charge in [-0.15, -0.1) is 0 Å². The number of hydrogen-bond donors (Lipinski definition) is 1. The molecule has 2 aromatic carbocycles. The predicted molar refractivity (Wildman–Crippen MR) is 144 cm³/mol. The van der Waals surface area contributed by atoms with E-state index in [1.165, 1.54) is 11.1 Å². The second kappa shape index (κ2) is 10.8. The Labute approximate surface area is 203 Å². The molecule has 4 rings (SSSR count). The van der Waals surface area contributed by atoms with Gasteiger partial charge in [-0.3, -0.25) is 4.79 Å². The van der Waals surface area contributed by atoms with Gasteiger partial charge in [-0.1, -0.05) is 37.6 Å². The van der Waals surface area contributed by atoms with E-state index in [0.717, 1.165) is 66.7 Å². The van der Waals surface area contributed by atoms with Crippen molar-refractivity contribution >= 4 is 34.4 Å². The summed E-state index contributed by atoms with van der Waals surface area (Å²) in [4.78, 5) is 22.1. The highest BCUT2D eigenvalue weighted by molar-refractivity contribution is 6.03. The fraction of sp³-hybridized carbons (Fsp3) is 0.379. The maximum absolute atomic E-state index is 12.5. The highest BCUT2D eigenvalue weighted by Crippen LogP contribution is 2.27. The van der Waals surface area contributed by atoms with Crippen LogP contribution in [0.4, 0.5) is 11.5 Å². The molecule has 0 saturated carbocycles. The van der Waals surface area contributed by atoms with E-state index in [0.29, 0.717) is 6.04 Å². The van der Waals surface area contributed by atoms with Gasteiger partial charge in [0.2, 0.25) is 5.91 Å². The SMILES string of the molecule is CCCc1ccc(/C=C/C(=O)Nc2ccc3nc(N4CCC(N(C)C)CC4)cc(C)c3c2)cc1. The standard InChI is InChI=1S/C29H36N4O/c1-5-6-22-7-9-23(10-8-22)11-14-29(34)30-24-12-13-27-26(20-24)21(2)19-28(31-27)33-17-15-25(16-18-33)32(3)4/h7-14,19-20,25H,5-6,15-18H2,1-4H3,(H,30,34)/b14-11+. The third-order valence-corrected chi connectivity index (χ3v) is 6.73. The molecular weight excluding hydrogens is 420 g/mol. The van der Waals surface area contributed by atoms with Gasteiger partial charge in [-0.25, -0.2) is 4.98 Å². The second-order valence-electron chi connectivity index (χ2n) is 9.53. The smallest absolute Gasteiger partial charge is 0.248 e. The van der Waals surface area contributed by atoms with E-state index in [9.17, 15) is 4.79 Å². The first-order valence-electron chi connectivity index (χ1n) is 12.3. The van der Waals surface area contributed by atoms with Crippen molar-refractivity contribution in [2.24, 2.45) is 0 Å². The van der Waals surface area contributed by atoms with Crippen molar-refractivity contribution in [1.82, 2.24) is 9.88 Å². The monoisotopic (exact) mass is 456 g/mol. The summed E-state index contributed by atoms with van der Waals surface area (Å²) < 4.78 is 0. The van der Waals surface area contributed by atoms with Crippen LogP contribution < -0.4 is 10.2 Å². The molecule has 5 heteroatoms. The van der Waals surface area contributed by atoms with Crippen molar-refractivity contribution in [1.29, 1.82) is 0 Å². The Bertz CT molecular complexity index is 1160. The van der Waals surface area contributed by atoms with Crippen LogP contribution in [-0.4, -0.2) is 49.0 Å². The van der Waals surface area contributed by atoms with Crippen molar-refractivity contribution in [2.75, 3.05) is 37.4 Å². The zero-order chi connectivity index (χ0) is 24.1. The molecule has 1 aliphatic rings. The van der Waals surface area contributed by atoms with E-state index in [4.69, 9.17) is 4.98 Å². The number of piperidine rings is 1. The Morgan fingerprint density at radius 1 is 1.12 bits per heavy atom. The number of benzene rings is 2. The summed E-state index contributed by atoms with van der Waals surface area (Å²) in [5.41, 5.74) is 5.27. The third kappa shape index (κ3) is 5.84. The van der Waals surface area contributed by atoms with Gasteiger partial charge in [0, 0.05) is 36.3 Å². The molecule has 1 saturated heterocycles. The van der Waals surface area contributed by atoms with E-state index in [1.807, 2.05) is 24.3 Å². The molecule has 3 aromatic rings. The van der Waals surface area contributed by atoms with Gasteiger partial charge < -0.3 is 15.1 Å². The summed E-state index contributed by atoms with van der Waals surface area (Å²) in [6.07, 6.45) is 7.97. The van der Waals surface area contributed by atoms with E-state index >= 15 is 0 Å². The Balaban J connectivity index is 1.42. The number of nitrogens with zero attached hydrogens (tertiary/aromatic N) is 3. The fourth-order valence-electron chi connectivity index (χ4n) is 4.67. The summed E-state index contributed by atoms with van der Waals surface area (Å²) in [5.74, 6) is 0.912. The minimum Gasteiger partial charge on any atom is -0.356 e. The molecule has 0 bridgehead atoms. The first-order valence-corrected chi connectivity index (χ1v) is 12.3. The molecule has 0 aliphatic carbocycles. The van der Waals surface area contributed by atoms with E-state index in [-0.39, 0.29) is 5.91 Å². The van der Waals surface area contributed by atoms with E-state index in [2.05, 4.69) is 73.4 Å². The van der Waals surface area contributed by atoms with Crippen LogP contribution in [0.2, 0.25) is 0 Å². The molecule has 0 radical (unpaired) electrons. The Morgan fingerprint density at radius 2 is 1.85 bits per heavy atom. The lowest BCUT2D eigenvalue weighted by Gasteiger charge is -2.36. The average molecular weight is 457 g/mol. The van der Waals surface area contributed by atoms with E-state index in [1.54, 1.807) is 6.08 Å². The first kappa shape index (κ1) is 24.0. The molecule has 1 aromatic heterocycles. The number of pyridine rings is 1. The third-order valence-electron chi connectivity index (χ3n) is 6.73. The van der Waals surface area contributed by atoms with Crippen LogP contribution in [0.5, 0.6) is 0 Å². The number of anilines is 2. The summed E-state index contributed by atoms with van der Waals surface area (Å²) in [6.45, 7) is 6.36. The molecule has 0 atom stereocenters. The summed E-state index contributed by atoms with van der Waals surface area (Å²) in [6, 6.07) is 17.1. The number of aryl methyl sites for hydroxylation is 2. The molecule has 1 fully saturated rings. The van der Waals surface area contributed by atoms with Crippen molar-refractivity contribution in [3.05, 3.63) is 71.3 Å². The zero-order valence-corrected chi connectivity index (χ0v) is 20.8. The number of carbonyl (C=O) groups excluding carboxylic acids is 1. The van der Waals surface area contributed by atoms with Gasteiger partial charge in [0.1, 0.15) is 5.82 Å². The zero-order valence-electron chi connectivity index (χ0n) is 20.8. The normalized spacial score (nSPS) is 14.9. The van der Waals surface area contributed by atoms with Crippen LogP contribution in [0, 0.1) is 6.92 Å². The number of carbonyl (C=O) groups is 1. The minimum absolute atomic E-state index is 0.136. The van der Waals surface area contributed by atoms with Crippen LogP contribution >= 0.6 is 0 Å². The molecule has 2 heterocycles. The summed E-state index contributed by atoms with van der Waals surface area (Å²) >= 11 is 0. The van der Waals surface area contributed by atoms with E-state index < -0.39 is 0 Å². The Kier molecular flexibility index (Phi) is 7.63. The first-order chi connectivity index (χ1) is 16.4. The maximum Gasteiger partial charge on any atom is 0.248 e. The van der Waals surface area contributed by atoms with Gasteiger partial charge >= 0.3 is 0 Å². The Hall–Kier alpha value is -3.18. The molecule has 1 amide bonds. The van der Waals surface area contributed by atoms with Crippen LogP contribution in [0.1, 0.15) is 42.9 Å². The number of hydrogen-bond acceptors (Lipinski definition) is 4. The molecular formula is C29H36N4O. The molecule has 178 valence electrons. The van der Waals surface area contributed by atoms with Gasteiger partial charge in [-0.2, -0.15) is 0 Å². The summed E-state index contributed by atoms with van der Waals surface area (Å²) in [7, 11) is 4.32. The van der Waals surface area contributed by atoms with Gasteiger partial charge in [0.05, 0.1) is 5.52 Å². The van der Waals surface area contributed by atoms with Gasteiger partial charge in [0.25, 0.3) is 0 Å². The quantitative estimate of drug-likeness (QED) is 0.465. The van der Waals surface area contributed by atoms with Crippen LogP contribution in [0.15, 0.2) is 54.6 Å². The second-order valence-corrected chi connectivity index (χ2v) is 9.53. The number of amides is 1. The number of aromatic nitrogens is 1. The van der Waals surface area contributed by atoms with Gasteiger partial charge in [-0.05, 0) is 87.3 Å². The molecule has 0 spiro atoms. The molecule has 1 N–H and O–H groups in total.